The van der Waals surface area contributed by atoms with Gasteiger partial charge >= 0.3 is 0 Å². The average Bonchev–Trinajstić information content (AvgIpc) is 2.67. The Labute approximate surface area is 157 Å². The van der Waals surface area contributed by atoms with Gasteiger partial charge in [-0.2, -0.15) is 0 Å². The summed E-state index contributed by atoms with van der Waals surface area (Å²) < 4.78 is 13.2. The summed E-state index contributed by atoms with van der Waals surface area (Å²) in [4.78, 5) is 9.33. The largest absolute Gasteiger partial charge is 0.356 e. The minimum Gasteiger partial charge on any atom is -0.356 e. The van der Waals surface area contributed by atoms with Gasteiger partial charge in [-0.15, -0.1) is 0 Å². The molecule has 5 nitrogen and oxygen atoms in total. The molecule has 0 saturated carbocycles. The van der Waals surface area contributed by atoms with Crippen LogP contribution in [-0.2, 0) is 6.42 Å². The number of piperazine rings is 1. The number of nitrogens with zero attached hydrogens (tertiary/aromatic N) is 3. The van der Waals surface area contributed by atoms with Crippen LogP contribution < -0.4 is 10.6 Å². The highest BCUT2D eigenvalue weighted by atomic mass is 19.1. The Morgan fingerprint density at radius 1 is 1.08 bits per heavy atom. The van der Waals surface area contributed by atoms with Crippen LogP contribution in [-0.4, -0.2) is 75.2 Å². The van der Waals surface area contributed by atoms with E-state index in [1.807, 2.05) is 6.07 Å². The third kappa shape index (κ3) is 7.70. The van der Waals surface area contributed by atoms with E-state index in [4.69, 9.17) is 0 Å². The van der Waals surface area contributed by atoms with E-state index in [9.17, 15) is 4.39 Å². The molecule has 0 radical (unpaired) electrons. The van der Waals surface area contributed by atoms with Crippen LogP contribution in [0.2, 0.25) is 0 Å². The van der Waals surface area contributed by atoms with Crippen LogP contribution in [0.4, 0.5) is 4.39 Å². The highest BCUT2D eigenvalue weighted by Gasteiger charge is 2.14. The van der Waals surface area contributed by atoms with Gasteiger partial charge in [0.1, 0.15) is 5.82 Å². The van der Waals surface area contributed by atoms with Crippen molar-refractivity contribution in [3.63, 3.8) is 0 Å². The van der Waals surface area contributed by atoms with Crippen molar-refractivity contribution in [2.75, 3.05) is 59.4 Å². The van der Waals surface area contributed by atoms with E-state index in [0.717, 1.165) is 37.5 Å². The van der Waals surface area contributed by atoms with Crippen molar-refractivity contribution in [3.05, 3.63) is 35.6 Å². The third-order valence-corrected chi connectivity index (χ3v) is 4.92. The van der Waals surface area contributed by atoms with Crippen LogP contribution in [0.25, 0.3) is 0 Å². The number of hydrogen-bond acceptors (Lipinski definition) is 3. The van der Waals surface area contributed by atoms with E-state index in [0.29, 0.717) is 0 Å². The first kappa shape index (κ1) is 20.6. The van der Waals surface area contributed by atoms with Crippen molar-refractivity contribution in [1.82, 2.24) is 20.4 Å². The van der Waals surface area contributed by atoms with Crippen LogP contribution in [0.15, 0.2) is 29.3 Å². The smallest absolute Gasteiger partial charge is 0.190 e. The topological polar surface area (TPSA) is 42.9 Å². The average molecular weight is 364 g/mol. The quantitative estimate of drug-likeness (QED) is 0.400. The fraction of sp³-hybridized carbons (Fsp3) is 0.650. The van der Waals surface area contributed by atoms with E-state index in [-0.39, 0.29) is 5.82 Å². The molecule has 0 unspecified atom stereocenters. The van der Waals surface area contributed by atoms with Crippen molar-refractivity contribution in [2.24, 2.45) is 4.99 Å². The van der Waals surface area contributed by atoms with E-state index in [2.05, 4.69) is 32.3 Å². The van der Waals surface area contributed by atoms with Gasteiger partial charge in [0, 0.05) is 46.3 Å². The lowest BCUT2D eigenvalue weighted by Crippen LogP contribution is -2.46. The highest BCUT2D eigenvalue weighted by molar-refractivity contribution is 5.79. The number of hydrogen-bond donors (Lipinski definition) is 2. The van der Waals surface area contributed by atoms with Gasteiger partial charge in [-0.05, 0) is 50.0 Å². The second-order valence-corrected chi connectivity index (χ2v) is 6.79. The lowest BCUT2D eigenvalue weighted by Gasteiger charge is -2.34. The molecule has 26 heavy (non-hydrogen) atoms. The van der Waals surface area contributed by atoms with E-state index in [1.54, 1.807) is 19.2 Å². The Morgan fingerprint density at radius 3 is 2.50 bits per heavy atom. The van der Waals surface area contributed by atoms with Crippen molar-refractivity contribution < 1.29 is 4.39 Å². The summed E-state index contributed by atoms with van der Waals surface area (Å²) in [7, 11) is 1.78. The summed E-state index contributed by atoms with van der Waals surface area (Å²) in [6.45, 7) is 11.1. The zero-order valence-electron chi connectivity index (χ0n) is 16.3. The normalized spacial score (nSPS) is 16.7. The minimum absolute atomic E-state index is 0.180. The molecule has 2 rings (SSSR count). The summed E-state index contributed by atoms with van der Waals surface area (Å²) in [5, 5.41) is 6.65. The molecule has 1 saturated heterocycles. The molecule has 0 amide bonds. The lowest BCUT2D eigenvalue weighted by molar-refractivity contribution is 0.136. The van der Waals surface area contributed by atoms with Gasteiger partial charge in [-0.3, -0.25) is 4.99 Å². The fourth-order valence-electron chi connectivity index (χ4n) is 3.23. The molecule has 1 aliphatic rings. The van der Waals surface area contributed by atoms with Crippen LogP contribution in [0.5, 0.6) is 0 Å². The predicted octanol–water partition coefficient (Wildman–Crippen LogP) is 1.95. The van der Waals surface area contributed by atoms with E-state index < -0.39 is 0 Å². The molecule has 0 spiro atoms. The standard InChI is InChI=1S/C20H34FN5/c1-3-25-13-15-26(16-14-25)12-5-4-10-23-20(22-2)24-11-9-18-7-6-8-19(21)17-18/h6-8,17H,3-5,9-16H2,1-2H3,(H2,22,23,24). The molecule has 1 aliphatic heterocycles. The van der Waals surface area contributed by atoms with Crippen molar-refractivity contribution in [3.8, 4) is 0 Å². The molecule has 1 heterocycles. The number of nitrogens with one attached hydrogen (secondary N) is 2. The Bertz CT molecular complexity index is 541. The van der Waals surface area contributed by atoms with Crippen molar-refractivity contribution >= 4 is 5.96 Å². The van der Waals surface area contributed by atoms with Gasteiger partial charge in [-0.25, -0.2) is 4.39 Å². The Balaban J connectivity index is 1.52. The minimum atomic E-state index is -0.180. The molecule has 1 aromatic carbocycles. The SMILES string of the molecule is CCN1CCN(CCCCNC(=NC)NCCc2cccc(F)c2)CC1. The fourth-order valence-corrected chi connectivity index (χ4v) is 3.23. The van der Waals surface area contributed by atoms with Crippen LogP contribution in [0, 0.1) is 5.82 Å². The molecular weight excluding hydrogens is 329 g/mol. The zero-order valence-corrected chi connectivity index (χ0v) is 16.3. The Hall–Kier alpha value is -1.66. The molecule has 0 aliphatic carbocycles. The van der Waals surface area contributed by atoms with E-state index >= 15 is 0 Å². The molecule has 146 valence electrons. The van der Waals surface area contributed by atoms with Gasteiger partial charge in [-0.1, -0.05) is 19.1 Å². The molecule has 2 N–H and O–H groups in total. The van der Waals surface area contributed by atoms with Crippen LogP contribution in [0.1, 0.15) is 25.3 Å². The third-order valence-electron chi connectivity index (χ3n) is 4.92. The maximum absolute atomic E-state index is 13.2. The van der Waals surface area contributed by atoms with E-state index in [1.165, 1.54) is 51.8 Å². The summed E-state index contributed by atoms with van der Waals surface area (Å²) in [6, 6.07) is 6.75. The number of benzene rings is 1. The Kier molecular flexibility index (Phi) is 9.42. The number of aliphatic imine (C=N–C) groups is 1. The van der Waals surface area contributed by atoms with Gasteiger partial charge < -0.3 is 20.4 Å². The van der Waals surface area contributed by atoms with Gasteiger partial charge in [0.2, 0.25) is 0 Å². The zero-order chi connectivity index (χ0) is 18.6. The second kappa shape index (κ2) is 11.9. The molecule has 1 fully saturated rings. The number of unbranched alkanes of at least 4 members (excludes halogenated alkanes) is 1. The predicted molar refractivity (Wildman–Crippen MR) is 107 cm³/mol. The maximum atomic E-state index is 13.2. The first-order valence-corrected chi connectivity index (χ1v) is 9.85. The molecule has 0 bridgehead atoms. The van der Waals surface area contributed by atoms with Gasteiger partial charge in [0.25, 0.3) is 0 Å². The van der Waals surface area contributed by atoms with Crippen molar-refractivity contribution in [2.45, 2.75) is 26.2 Å². The highest BCUT2D eigenvalue weighted by Crippen LogP contribution is 2.04. The first-order chi connectivity index (χ1) is 12.7. The van der Waals surface area contributed by atoms with Gasteiger partial charge in [0.15, 0.2) is 5.96 Å². The lowest BCUT2D eigenvalue weighted by atomic mass is 10.1. The summed E-state index contributed by atoms with van der Waals surface area (Å²) >= 11 is 0. The first-order valence-electron chi connectivity index (χ1n) is 9.85. The van der Waals surface area contributed by atoms with Crippen molar-refractivity contribution in [1.29, 1.82) is 0 Å². The Morgan fingerprint density at radius 2 is 1.81 bits per heavy atom. The number of likely N-dealkylation sites (N-methyl/N-ethyl adjacent to an activating group) is 1. The van der Waals surface area contributed by atoms with Crippen LogP contribution in [0.3, 0.4) is 0 Å². The molecular formula is C20H34FN5. The van der Waals surface area contributed by atoms with Crippen LogP contribution >= 0.6 is 0 Å². The second-order valence-electron chi connectivity index (χ2n) is 6.79. The summed E-state index contributed by atoms with van der Waals surface area (Å²) in [6.07, 6.45) is 3.13. The molecule has 0 aromatic heterocycles. The molecule has 6 heteroatoms. The molecule has 1 aromatic rings. The number of halogens is 1. The molecule has 0 atom stereocenters. The number of rotatable bonds is 9. The summed E-state index contributed by atoms with van der Waals surface area (Å²) in [5.74, 6) is 0.638. The van der Waals surface area contributed by atoms with Gasteiger partial charge in [0.05, 0.1) is 0 Å². The maximum Gasteiger partial charge on any atom is 0.190 e. The number of guanidine groups is 1. The summed E-state index contributed by atoms with van der Waals surface area (Å²) in [5.41, 5.74) is 0.996. The monoisotopic (exact) mass is 363 g/mol.